The van der Waals surface area contributed by atoms with Gasteiger partial charge in [0.2, 0.25) is 5.78 Å². The fourth-order valence-electron chi connectivity index (χ4n) is 5.47. The predicted octanol–water partition coefficient (Wildman–Crippen LogP) is 4.72. The number of piperidine rings is 3. The van der Waals surface area contributed by atoms with Crippen LogP contribution in [0.5, 0.6) is 5.75 Å². The van der Waals surface area contributed by atoms with Crippen LogP contribution < -0.4 is 5.32 Å². The SMILES string of the molecule is O=C(C[N+]12CCC(CC1)[C@@H](OC(=O)C(Nc1ccc(F)cc1)c1ccccc1)C2)c1ccc(O)cc1. The van der Waals surface area contributed by atoms with Crippen molar-refractivity contribution in [2.45, 2.75) is 25.0 Å². The first kappa shape index (κ1) is 24.0. The first-order chi connectivity index (χ1) is 17.4. The van der Waals surface area contributed by atoms with E-state index in [4.69, 9.17) is 4.74 Å². The Labute approximate surface area is 209 Å². The van der Waals surface area contributed by atoms with Gasteiger partial charge in [0.05, 0.1) is 13.1 Å². The van der Waals surface area contributed by atoms with E-state index >= 15 is 0 Å². The van der Waals surface area contributed by atoms with Gasteiger partial charge in [-0.05, 0) is 54.1 Å². The van der Waals surface area contributed by atoms with Crippen LogP contribution in [0.3, 0.4) is 0 Å². The number of nitrogens with one attached hydrogen (secondary N) is 1. The van der Waals surface area contributed by atoms with E-state index in [2.05, 4.69) is 5.32 Å². The Kier molecular flexibility index (Phi) is 6.74. The van der Waals surface area contributed by atoms with Crippen LogP contribution in [0.4, 0.5) is 10.1 Å². The molecule has 0 aromatic heterocycles. The van der Waals surface area contributed by atoms with Crippen LogP contribution in [-0.2, 0) is 9.53 Å². The quantitative estimate of drug-likeness (QED) is 0.272. The second-order valence-electron chi connectivity index (χ2n) is 9.91. The summed E-state index contributed by atoms with van der Waals surface area (Å²) in [6, 6.07) is 20.9. The number of quaternary nitrogens is 1. The van der Waals surface area contributed by atoms with Gasteiger partial charge in [-0.3, -0.25) is 4.79 Å². The van der Waals surface area contributed by atoms with Crippen molar-refractivity contribution in [1.82, 2.24) is 0 Å². The maximum atomic E-state index is 13.5. The summed E-state index contributed by atoms with van der Waals surface area (Å²) in [6.45, 7) is 2.73. The number of Topliss-reactive ketones (excluding diaryl/α,β-unsaturated/α-hetero) is 1. The van der Waals surface area contributed by atoms with Crippen molar-refractivity contribution in [3.63, 3.8) is 0 Å². The van der Waals surface area contributed by atoms with E-state index in [0.717, 1.165) is 31.5 Å². The molecule has 3 aromatic rings. The fourth-order valence-corrected chi connectivity index (χ4v) is 5.47. The van der Waals surface area contributed by atoms with Gasteiger partial charge in [0.15, 0.2) is 12.1 Å². The van der Waals surface area contributed by atoms with E-state index in [1.165, 1.54) is 24.3 Å². The number of benzene rings is 3. The number of aromatic hydroxyl groups is 1. The van der Waals surface area contributed by atoms with E-state index < -0.39 is 6.04 Å². The summed E-state index contributed by atoms with van der Waals surface area (Å²) in [6.07, 6.45) is 1.54. The molecule has 0 spiro atoms. The minimum Gasteiger partial charge on any atom is -0.508 e. The lowest BCUT2D eigenvalue weighted by Crippen LogP contribution is -2.65. The molecule has 3 aromatic carbocycles. The molecular weight excluding hydrogens is 459 g/mol. The number of fused-ring (bicyclic) bond motifs is 3. The molecule has 3 heterocycles. The molecule has 0 amide bonds. The smallest absolute Gasteiger partial charge is 0.333 e. The van der Waals surface area contributed by atoms with Crippen molar-refractivity contribution in [1.29, 1.82) is 0 Å². The minimum atomic E-state index is -0.737. The summed E-state index contributed by atoms with van der Waals surface area (Å²) >= 11 is 0. The minimum absolute atomic E-state index is 0.0283. The molecule has 36 heavy (non-hydrogen) atoms. The Morgan fingerprint density at radius 2 is 1.64 bits per heavy atom. The number of hydrogen-bond acceptors (Lipinski definition) is 5. The number of carbonyl (C=O) groups is 2. The average Bonchev–Trinajstić information content (AvgIpc) is 2.89. The maximum Gasteiger partial charge on any atom is 0.333 e. The Morgan fingerprint density at radius 1 is 0.972 bits per heavy atom. The van der Waals surface area contributed by atoms with E-state index in [1.54, 1.807) is 24.3 Å². The zero-order valence-corrected chi connectivity index (χ0v) is 20.0. The fraction of sp³-hybridized carbons (Fsp3) is 0.310. The Bertz CT molecular complexity index is 1210. The normalized spacial score (nSPS) is 23.6. The number of carbonyl (C=O) groups excluding carboxylic acids is 2. The highest BCUT2D eigenvalue weighted by atomic mass is 19.1. The highest BCUT2D eigenvalue weighted by molar-refractivity contribution is 5.97. The van der Waals surface area contributed by atoms with E-state index in [9.17, 15) is 19.1 Å². The molecule has 3 saturated heterocycles. The zero-order chi connectivity index (χ0) is 25.1. The van der Waals surface area contributed by atoms with Crippen LogP contribution in [-0.4, -0.2) is 53.6 Å². The number of rotatable bonds is 8. The third-order valence-electron chi connectivity index (χ3n) is 7.50. The second-order valence-corrected chi connectivity index (χ2v) is 9.91. The Balaban J connectivity index is 1.31. The van der Waals surface area contributed by atoms with Crippen LogP contribution >= 0.6 is 0 Å². The van der Waals surface area contributed by atoms with Gasteiger partial charge in [0.25, 0.3) is 0 Å². The molecular formula is C29H30FN2O4+. The molecule has 2 N–H and O–H groups in total. The maximum absolute atomic E-state index is 13.5. The second kappa shape index (κ2) is 10.1. The van der Waals surface area contributed by atoms with E-state index in [-0.39, 0.29) is 35.3 Å². The number of esters is 1. The molecule has 3 aliphatic heterocycles. The van der Waals surface area contributed by atoms with Gasteiger partial charge in [-0.15, -0.1) is 0 Å². The summed E-state index contributed by atoms with van der Waals surface area (Å²) in [4.78, 5) is 26.5. The largest absolute Gasteiger partial charge is 0.508 e. The average molecular weight is 490 g/mol. The predicted molar refractivity (Wildman–Crippen MR) is 134 cm³/mol. The molecule has 6 rings (SSSR count). The molecule has 3 aliphatic rings. The summed E-state index contributed by atoms with van der Waals surface area (Å²) in [5, 5.41) is 12.7. The lowest BCUT2D eigenvalue weighted by molar-refractivity contribution is -0.938. The number of ketones is 1. The van der Waals surface area contributed by atoms with Crippen molar-refractivity contribution >= 4 is 17.4 Å². The van der Waals surface area contributed by atoms with Crippen LogP contribution in [0.15, 0.2) is 78.9 Å². The van der Waals surface area contributed by atoms with E-state index in [0.29, 0.717) is 28.8 Å². The highest BCUT2D eigenvalue weighted by Crippen LogP contribution is 2.37. The van der Waals surface area contributed by atoms with Crippen LogP contribution in [0.1, 0.15) is 34.8 Å². The first-order valence-corrected chi connectivity index (χ1v) is 12.4. The van der Waals surface area contributed by atoms with Gasteiger partial charge < -0.3 is 19.6 Å². The standard InChI is InChI=1S/C29H29FN2O4/c30-23-8-10-24(11-9-23)31-28(22-4-2-1-3-5-22)29(35)36-27-19-32(16-14-21(27)15-17-32)18-26(34)20-6-12-25(33)13-7-20/h1-13,21,27-28,31H,14-19H2/p+1/t21?,27-,28?,32?/m0/s1. The number of phenols is 1. The molecule has 7 heteroatoms. The Hall–Kier alpha value is -3.71. The lowest BCUT2D eigenvalue weighted by atomic mass is 9.82. The van der Waals surface area contributed by atoms with Gasteiger partial charge in [-0.1, -0.05) is 30.3 Å². The summed E-state index contributed by atoms with van der Waals surface area (Å²) in [5.41, 5.74) is 1.97. The molecule has 6 nitrogen and oxygen atoms in total. The van der Waals surface area contributed by atoms with Crippen LogP contribution in [0.25, 0.3) is 0 Å². The monoisotopic (exact) mass is 489 g/mol. The topological polar surface area (TPSA) is 75.6 Å². The number of phenolic OH excluding ortho intramolecular Hbond substituents is 1. The highest BCUT2D eigenvalue weighted by Gasteiger charge is 2.49. The van der Waals surface area contributed by atoms with Crippen molar-refractivity contribution in [2.24, 2.45) is 5.92 Å². The molecule has 1 unspecified atom stereocenters. The molecule has 0 aliphatic carbocycles. The molecule has 3 fully saturated rings. The van der Waals surface area contributed by atoms with Crippen LogP contribution in [0.2, 0.25) is 0 Å². The summed E-state index contributed by atoms with van der Waals surface area (Å²) < 4.78 is 20.1. The summed E-state index contributed by atoms with van der Waals surface area (Å²) in [7, 11) is 0. The molecule has 186 valence electrons. The van der Waals surface area contributed by atoms with Gasteiger partial charge in [-0.2, -0.15) is 0 Å². The number of anilines is 1. The van der Waals surface area contributed by atoms with Gasteiger partial charge in [0, 0.05) is 30.0 Å². The van der Waals surface area contributed by atoms with Crippen LogP contribution in [0, 0.1) is 11.7 Å². The zero-order valence-electron chi connectivity index (χ0n) is 20.0. The van der Waals surface area contributed by atoms with Crippen molar-refractivity contribution in [2.75, 3.05) is 31.5 Å². The molecule has 0 saturated carbocycles. The first-order valence-electron chi connectivity index (χ1n) is 12.4. The molecule has 2 bridgehead atoms. The van der Waals surface area contributed by atoms with Gasteiger partial charge in [-0.25, -0.2) is 9.18 Å². The van der Waals surface area contributed by atoms with Crippen molar-refractivity contribution < 1.29 is 28.3 Å². The number of nitrogens with zero attached hydrogens (tertiary/aromatic N) is 1. The van der Waals surface area contributed by atoms with Gasteiger partial charge in [0.1, 0.15) is 24.7 Å². The number of halogens is 1. The molecule has 2 atom stereocenters. The third kappa shape index (κ3) is 5.26. The third-order valence-corrected chi connectivity index (χ3v) is 7.50. The molecule has 0 radical (unpaired) electrons. The number of ether oxygens (including phenoxy) is 1. The van der Waals surface area contributed by atoms with Crippen molar-refractivity contribution in [3.05, 3.63) is 95.8 Å². The lowest BCUT2D eigenvalue weighted by Gasteiger charge is -2.51. The number of hydrogen-bond donors (Lipinski definition) is 2. The van der Waals surface area contributed by atoms with E-state index in [1.807, 2.05) is 30.3 Å². The Morgan fingerprint density at radius 3 is 2.31 bits per heavy atom. The van der Waals surface area contributed by atoms with Crippen molar-refractivity contribution in [3.8, 4) is 5.75 Å². The summed E-state index contributed by atoms with van der Waals surface area (Å²) in [5.74, 6) is -0.290. The van der Waals surface area contributed by atoms with Gasteiger partial charge >= 0.3 is 5.97 Å².